The van der Waals surface area contributed by atoms with E-state index in [0.717, 1.165) is 20.5 Å². The number of halogens is 1. The highest BCUT2D eigenvalue weighted by Crippen LogP contribution is 2.26. The summed E-state index contributed by atoms with van der Waals surface area (Å²) in [5.74, 6) is 0. The minimum Gasteiger partial charge on any atom is -0.255 e. The van der Waals surface area contributed by atoms with Crippen LogP contribution in [0.1, 0.15) is 0 Å². The second-order valence-electron chi connectivity index (χ2n) is 3.46. The molecule has 0 aliphatic heterocycles. The van der Waals surface area contributed by atoms with E-state index in [1.165, 1.54) is 0 Å². The Morgan fingerprint density at radius 2 is 1.62 bits per heavy atom. The van der Waals surface area contributed by atoms with Crippen LogP contribution in [0.25, 0.3) is 11.1 Å². The normalized spacial score (nSPS) is 12.4. The smallest absolute Gasteiger partial charge is 0.0504 e. The van der Waals surface area contributed by atoms with Crippen molar-refractivity contribution in [1.82, 2.24) is 0 Å². The van der Waals surface area contributed by atoms with Gasteiger partial charge in [0.2, 0.25) is 0 Å². The Bertz CT molecular complexity index is 520. The lowest BCUT2D eigenvalue weighted by Gasteiger charge is -2.07. The van der Waals surface area contributed by atoms with Crippen LogP contribution in [0, 0.1) is 0 Å². The van der Waals surface area contributed by atoms with Gasteiger partial charge in [0.05, 0.1) is 10.8 Å². The minimum absolute atomic E-state index is 0.879. The summed E-state index contributed by atoms with van der Waals surface area (Å²) < 4.78 is 12.7. The molecule has 0 saturated heterocycles. The van der Waals surface area contributed by atoms with Gasteiger partial charge in [0.25, 0.3) is 0 Å². The van der Waals surface area contributed by atoms with E-state index >= 15 is 0 Å². The predicted octanol–water partition coefficient (Wildman–Crippen LogP) is 3.85. The van der Waals surface area contributed by atoms with Gasteiger partial charge in [-0.15, -0.1) is 0 Å². The summed E-state index contributed by atoms with van der Waals surface area (Å²) in [6.45, 7) is 0. The molecule has 16 heavy (non-hydrogen) atoms. The van der Waals surface area contributed by atoms with Gasteiger partial charge in [-0.1, -0.05) is 46.3 Å². The van der Waals surface area contributed by atoms with Crippen LogP contribution >= 0.6 is 15.9 Å². The molecule has 0 bridgehead atoms. The first kappa shape index (κ1) is 11.6. The molecule has 0 N–H and O–H groups in total. The molecule has 1 atom stereocenters. The van der Waals surface area contributed by atoms with Gasteiger partial charge in [0, 0.05) is 15.6 Å². The summed E-state index contributed by atoms with van der Waals surface area (Å²) in [7, 11) is -0.958. The predicted molar refractivity (Wildman–Crippen MR) is 71.9 cm³/mol. The number of hydrogen-bond donors (Lipinski definition) is 0. The number of rotatable bonds is 2. The molecule has 0 fully saturated rings. The monoisotopic (exact) mass is 294 g/mol. The van der Waals surface area contributed by atoms with E-state index < -0.39 is 10.8 Å². The Morgan fingerprint density at radius 3 is 2.25 bits per heavy atom. The fourth-order valence-electron chi connectivity index (χ4n) is 1.59. The molecule has 2 rings (SSSR count). The van der Waals surface area contributed by atoms with Gasteiger partial charge in [-0.05, 0) is 29.3 Å². The first-order valence-corrected chi connectivity index (χ1v) is 7.22. The van der Waals surface area contributed by atoms with Gasteiger partial charge in [0.1, 0.15) is 0 Å². The molecule has 1 nitrogen and oxygen atoms in total. The fourth-order valence-corrected chi connectivity index (χ4v) is 2.62. The molecule has 2 aromatic rings. The second kappa shape index (κ2) is 4.93. The summed E-state index contributed by atoms with van der Waals surface area (Å²) in [6, 6.07) is 15.8. The third-order valence-corrected chi connectivity index (χ3v) is 3.86. The first-order chi connectivity index (χ1) is 7.68. The Balaban J connectivity index is 2.55. The molecule has 0 aliphatic rings. The highest BCUT2D eigenvalue weighted by Gasteiger charge is 2.06. The van der Waals surface area contributed by atoms with Crippen molar-refractivity contribution in [3.05, 3.63) is 53.0 Å². The van der Waals surface area contributed by atoms with Crippen LogP contribution in [0.3, 0.4) is 0 Å². The molecule has 0 radical (unpaired) electrons. The van der Waals surface area contributed by atoms with Gasteiger partial charge in [0.15, 0.2) is 0 Å². The van der Waals surface area contributed by atoms with Crippen LogP contribution in [-0.4, -0.2) is 10.5 Å². The zero-order valence-corrected chi connectivity index (χ0v) is 11.2. The van der Waals surface area contributed by atoms with Gasteiger partial charge < -0.3 is 0 Å². The van der Waals surface area contributed by atoms with Crippen LogP contribution < -0.4 is 0 Å². The summed E-state index contributed by atoms with van der Waals surface area (Å²) in [4.78, 5) is 0.879. The van der Waals surface area contributed by atoms with E-state index in [0.29, 0.717) is 0 Å². The third kappa shape index (κ3) is 2.42. The quantitative estimate of drug-likeness (QED) is 0.822. The average molecular weight is 295 g/mol. The maximum Gasteiger partial charge on any atom is 0.0504 e. The lowest BCUT2D eigenvalue weighted by atomic mass is 10.1. The Morgan fingerprint density at radius 1 is 1.00 bits per heavy atom. The van der Waals surface area contributed by atoms with Crippen molar-refractivity contribution in [2.45, 2.75) is 4.90 Å². The van der Waals surface area contributed by atoms with Gasteiger partial charge in [-0.25, -0.2) is 0 Å². The molecule has 2 aromatic carbocycles. The van der Waals surface area contributed by atoms with Crippen molar-refractivity contribution in [3.63, 3.8) is 0 Å². The lowest BCUT2D eigenvalue weighted by molar-refractivity contribution is 0.687. The Hall–Kier alpha value is -0.930. The van der Waals surface area contributed by atoms with Crippen LogP contribution in [0.15, 0.2) is 57.9 Å². The van der Waals surface area contributed by atoms with Gasteiger partial charge in [-0.3, -0.25) is 4.21 Å². The van der Waals surface area contributed by atoms with Gasteiger partial charge >= 0.3 is 0 Å². The second-order valence-corrected chi connectivity index (χ2v) is 5.72. The van der Waals surface area contributed by atoms with Crippen molar-refractivity contribution in [2.24, 2.45) is 0 Å². The highest BCUT2D eigenvalue weighted by atomic mass is 79.9. The average Bonchev–Trinajstić information content (AvgIpc) is 2.30. The fraction of sp³-hybridized carbons (Fsp3) is 0.0769. The molecule has 0 aromatic heterocycles. The molecule has 0 spiro atoms. The molecule has 0 saturated carbocycles. The Kier molecular flexibility index (Phi) is 3.56. The van der Waals surface area contributed by atoms with Crippen LogP contribution in [-0.2, 0) is 10.8 Å². The highest BCUT2D eigenvalue weighted by molar-refractivity contribution is 9.10. The molecule has 82 valence electrons. The molecule has 0 heterocycles. The zero-order valence-electron chi connectivity index (χ0n) is 8.81. The number of hydrogen-bond acceptors (Lipinski definition) is 1. The molecular weight excluding hydrogens is 284 g/mol. The first-order valence-electron chi connectivity index (χ1n) is 4.87. The van der Waals surface area contributed by atoms with Gasteiger partial charge in [-0.2, -0.15) is 0 Å². The van der Waals surface area contributed by atoms with E-state index in [-0.39, 0.29) is 0 Å². The molecule has 0 amide bonds. The SMILES string of the molecule is CS(=O)c1ccccc1-c1ccc(Br)cc1. The molecule has 3 heteroatoms. The van der Waals surface area contributed by atoms with Crippen molar-refractivity contribution in [3.8, 4) is 11.1 Å². The zero-order chi connectivity index (χ0) is 11.5. The largest absolute Gasteiger partial charge is 0.255 e. The van der Waals surface area contributed by atoms with E-state index in [1.54, 1.807) is 6.26 Å². The molecule has 0 aliphatic carbocycles. The summed E-state index contributed by atoms with van der Waals surface area (Å²) in [5.41, 5.74) is 2.13. The standard InChI is InChI=1S/C13H11BrOS/c1-16(15)13-5-3-2-4-12(13)10-6-8-11(14)9-7-10/h2-9H,1H3. The van der Waals surface area contributed by atoms with Crippen molar-refractivity contribution in [2.75, 3.05) is 6.26 Å². The van der Waals surface area contributed by atoms with Crippen molar-refractivity contribution < 1.29 is 4.21 Å². The molecular formula is C13H11BrOS. The number of benzene rings is 2. The minimum atomic E-state index is -0.958. The maximum atomic E-state index is 11.6. The van der Waals surface area contributed by atoms with Crippen LogP contribution in [0.5, 0.6) is 0 Å². The summed E-state index contributed by atoms with van der Waals surface area (Å²) in [6.07, 6.45) is 1.71. The lowest BCUT2D eigenvalue weighted by Crippen LogP contribution is -1.91. The third-order valence-electron chi connectivity index (χ3n) is 2.35. The summed E-state index contributed by atoms with van der Waals surface area (Å²) in [5, 5.41) is 0. The van der Waals surface area contributed by atoms with Crippen molar-refractivity contribution in [1.29, 1.82) is 0 Å². The van der Waals surface area contributed by atoms with Crippen molar-refractivity contribution >= 4 is 26.7 Å². The summed E-state index contributed by atoms with van der Waals surface area (Å²) >= 11 is 3.41. The van der Waals surface area contributed by atoms with E-state index in [9.17, 15) is 4.21 Å². The van der Waals surface area contributed by atoms with E-state index in [4.69, 9.17) is 0 Å². The van der Waals surface area contributed by atoms with E-state index in [1.807, 2.05) is 48.5 Å². The maximum absolute atomic E-state index is 11.6. The Labute approximate surface area is 106 Å². The molecule has 1 unspecified atom stereocenters. The van der Waals surface area contributed by atoms with Crippen LogP contribution in [0.2, 0.25) is 0 Å². The topological polar surface area (TPSA) is 17.1 Å². The van der Waals surface area contributed by atoms with Crippen LogP contribution in [0.4, 0.5) is 0 Å². The van der Waals surface area contributed by atoms with E-state index in [2.05, 4.69) is 15.9 Å².